The van der Waals surface area contributed by atoms with Crippen LogP contribution in [0.25, 0.3) is 5.65 Å². The van der Waals surface area contributed by atoms with Gasteiger partial charge in [-0.05, 0) is 49.6 Å². The van der Waals surface area contributed by atoms with E-state index in [1.54, 1.807) is 42.6 Å². The first kappa shape index (κ1) is 19.8. The highest BCUT2D eigenvalue weighted by Crippen LogP contribution is 2.16. The van der Waals surface area contributed by atoms with Gasteiger partial charge in [0.2, 0.25) is 0 Å². The summed E-state index contributed by atoms with van der Waals surface area (Å²) in [6.45, 7) is 1.39. The number of rotatable bonds is 7. The number of ether oxygens (including phenoxy) is 1. The van der Waals surface area contributed by atoms with E-state index in [2.05, 4.69) is 15.7 Å². The SMILES string of the molecule is O=C(NCCCn1nc2ccccn2c1=O)c1cccc(NC(=O)C2CCCO2)c1. The molecule has 1 aromatic carbocycles. The van der Waals surface area contributed by atoms with Crippen LogP contribution in [-0.4, -0.2) is 45.3 Å². The number of hydrogen-bond acceptors (Lipinski definition) is 5. The summed E-state index contributed by atoms with van der Waals surface area (Å²) in [7, 11) is 0. The third-order valence-electron chi connectivity index (χ3n) is 4.94. The number of nitrogens with zero attached hydrogens (tertiary/aromatic N) is 3. The molecule has 0 radical (unpaired) electrons. The Morgan fingerprint density at radius 2 is 2.10 bits per heavy atom. The summed E-state index contributed by atoms with van der Waals surface area (Å²) in [5.41, 5.74) is 1.39. The van der Waals surface area contributed by atoms with Gasteiger partial charge >= 0.3 is 5.69 Å². The van der Waals surface area contributed by atoms with Crippen molar-refractivity contribution >= 4 is 23.1 Å². The molecule has 1 saturated heterocycles. The van der Waals surface area contributed by atoms with Crippen molar-refractivity contribution in [2.75, 3.05) is 18.5 Å². The highest BCUT2D eigenvalue weighted by molar-refractivity contribution is 5.98. The number of anilines is 1. The van der Waals surface area contributed by atoms with Gasteiger partial charge in [-0.25, -0.2) is 9.48 Å². The zero-order chi connectivity index (χ0) is 20.9. The van der Waals surface area contributed by atoms with Crippen molar-refractivity contribution in [3.8, 4) is 0 Å². The fourth-order valence-electron chi connectivity index (χ4n) is 3.39. The molecule has 1 atom stereocenters. The molecule has 2 aromatic heterocycles. The van der Waals surface area contributed by atoms with Gasteiger partial charge in [0.25, 0.3) is 11.8 Å². The molecule has 0 spiro atoms. The van der Waals surface area contributed by atoms with E-state index >= 15 is 0 Å². The lowest BCUT2D eigenvalue weighted by atomic mass is 10.1. The molecule has 3 aromatic rings. The van der Waals surface area contributed by atoms with Crippen LogP contribution in [0.15, 0.2) is 53.5 Å². The number of aryl methyl sites for hydroxylation is 1. The van der Waals surface area contributed by atoms with Gasteiger partial charge in [-0.2, -0.15) is 0 Å². The molecule has 1 fully saturated rings. The zero-order valence-corrected chi connectivity index (χ0v) is 16.4. The molecule has 9 nitrogen and oxygen atoms in total. The van der Waals surface area contributed by atoms with Crippen molar-refractivity contribution in [3.63, 3.8) is 0 Å². The van der Waals surface area contributed by atoms with E-state index in [0.29, 0.717) is 49.4 Å². The third-order valence-corrected chi connectivity index (χ3v) is 4.94. The highest BCUT2D eigenvalue weighted by Gasteiger charge is 2.23. The van der Waals surface area contributed by atoms with Crippen LogP contribution >= 0.6 is 0 Å². The Morgan fingerprint density at radius 3 is 2.90 bits per heavy atom. The van der Waals surface area contributed by atoms with Crippen molar-refractivity contribution in [2.24, 2.45) is 0 Å². The maximum absolute atomic E-state index is 12.4. The molecule has 4 rings (SSSR count). The molecule has 3 heterocycles. The molecular weight excluding hydrogens is 386 g/mol. The lowest BCUT2D eigenvalue weighted by Crippen LogP contribution is -2.28. The van der Waals surface area contributed by atoms with Gasteiger partial charge in [0.05, 0.1) is 0 Å². The van der Waals surface area contributed by atoms with Crippen LogP contribution in [0.5, 0.6) is 0 Å². The normalized spacial score (nSPS) is 15.9. The highest BCUT2D eigenvalue weighted by atomic mass is 16.5. The Bertz CT molecular complexity index is 1110. The molecule has 2 amide bonds. The van der Waals surface area contributed by atoms with Crippen LogP contribution in [-0.2, 0) is 16.1 Å². The number of benzene rings is 1. The average molecular weight is 409 g/mol. The van der Waals surface area contributed by atoms with E-state index in [0.717, 1.165) is 6.42 Å². The fraction of sp³-hybridized carbons (Fsp3) is 0.333. The summed E-state index contributed by atoms with van der Waals surface area (Å²) < 4.78 is 8.24. The topological polar surface area (TPSA) is 107 Å². The van der Waals surface area contributed by atoms with Crippen molar-refractivity contribution < 1.29 is 14.3 Å². The van der Waals surface area contributed by atoms with Crippen LogP contribution in [0.1, 0.15) is 29.6 Å². The number of aromatic nitrogens is 3. The molecule has 0 bridgehead atoms. The van der Waals surface area contributed by atoms with Gasteiger partial charge < -0.3 is 15.4 Å². The summed E-state index contributed by atoms with van der Waals surface area (Å²) in [5, 5.41) is 9.89. The Morgan fingerprint density at radius 1 is 1.20 bits per heavy atom. The molecule has 1 aliphatic heterocycles. The van der Waals surface area contributed by atoms with E-state index in [-0.39, 0.29) is 17.5 Å². The minimum Gasteiger partial charge on any atom is -0.368 e. The second-order valence-corrected chi connectivity index (χ2v) is 7.12. The first-order valence-corrected chi connectivity index (χ1v) is 9.97. The lowest BCUT2D eigenvalue weighted by Gasteiger charge is -2.11. The standard InChI is InChI=1S/C21H23N5O4/c27-19(15-6-3-7-16(14-15)23-20(28)17-8-4-13-30-17)22-10-5-12-26-21(29)25-11-2-1-9-18(25)24-26/h1-3,6-7,9,11,14,17H,4-5,8,10,12-13H2,(H,22,27)(H,23,28). The minimum absolute atomic E-state index is 0.192. The molecular formula is C21H23N5O4. The Kier molecular flexibility index (Phi) is 5.89. The summed E-state index contributed by atoms with van der Waals surface area (Å²) in [6.07, 6.45) is 3.40. The first-order valence-electron chi connectivity index (χ1n) is 9.97. The van der Waals surface area contributed by atoms with E-state index in [1.807, 2.05) is 6.07 Å². The molecule has 30 heavy (non-hydrogen) atoms. The second kappa shape index (κ2) is 8.91. The largest absolute Gasteiger partial charge is 0.368 e. The molecule has 2 N–H and O–H groups in total. The summed E-state index contributed by atoms with van der Waals surface area (Å²) in [6, 6.07) is 12.1. The Hall–Kier alpha value is -3.46. The second-order valence-electron chi connectivity index (χ2n) is 7.12. The van der Waals surface area contributed by atoms with Crippen LogP contribution in [0.2, 0.25) is 0 Å². The van der Waals surface area contributed by atoms with Gasteiger partial charge in [0.15, 0.2) is 5.65 Å². The van der Waals surface area contributed by atoms with Gasteiger partial charge in [-0.15, -0.1) is 5.10 Å². The lowest BCUT2D eigenvalue weighted by molar-refractivity contribution is -0.124. The first-order chi connectivity index (χ1) is 14.6. The van der Waals surface area contributed by atoms with Crippen LogP contribution in [0.4, 0.5) is 5.69 Å². The minimum atomic E-state index is -0.425. The van der Waals surface area contributed by atoms with Crippen molar-refractivity contribution in [1.82, 2.24) is 19.5 Å². The van der Waals surface area contributed by atoms with Crippen LogP contribution in [0, 0.1) is 0 Å². The van der Waals surface area contributed by atoms with Crippen molar-refractivity contribution in [1.29, 1.82) is 0 Å². The van der Waals surface area contributed by atoms with Gasteiger partial charge in [-0.1, -0.05) is 12.1 Å². The summed E-state index contributed by atoms with van der Waals surface area (Å²) in [4.78, 5) is 36.8. The fourth-order valence-corrected chi connectivity index (χ4v) is 3.39. The van der Waals surface area contributed by atoms with Crippen molar-refractivity contribution in [2.45, 2.75) is 31.9 Å². The monoisotopic (exact) mass is 409 g/mol. The Balaban J connectivity index is 1.29. The smallest absolute Gasteiger partial charge is 0.350 e. The summed E-state index contributed by atoms with van der Waals surface area (Å²) in [5.74, 6) is -0.437. The molecule has 1 unspecified atom stereocenters. The molecule has 9 heteroatoms. The molecule has 0 aliphatic carbocycles. The summed E-state index contributed by atoms with van der Waals surface area (Å²) >= 11 is 0. The molecule has 156 valence electrons. The van der Waals surface area contributed by atoms with Gasteiger partial charge in [0, 0.05) is 37.1 Å². The predicted octanol–water partition coefficient (Wildman–Crippen LogP) is 1.43. The number of carbonyl (C=O) groups excluding carboxylic acids is 2. The maximum Gasteiger partial charge on any atom is 0.350 e. The Labute approximate surface area is 172 Å². The number of carbonyl (C=O) groups is 2. The number of fused-ring (bicyclic) bond motifs is 1. The van der Waals surface area contributed by atoms with Crippen LogP contribution < -0.4 is 16.3 Å². The van der Waals surface area contributed by atoms with E-state index in [9.17, 15) is 14.4 Å². The van der Waals surface area contributed by atoms with Gasteiger partial charge in [-0.3, -0.25) is 14.0 Å². The van der Waals surface area contributed by atoms with E-state index in [4.69, 9.17) is 4.74 Å². The quantitative estimate of drug-likeness (QED) is 0.574. The molecule has 0 saturated carbocycles. The van der Waals surface area contributed by atoms with Crippen molar-refractivity contribution in [3.05, 3.63) is 64.7 Å². The van der Waals surface area contributed by atoms with E-state index in [1.165, 1.54) is 9.08 Å². The number of hydrogen-bond donors (Lipinski definition) is 2. The average Bonchev–Trinajstić information content (AvgIpc) is 3.40. The maximum atomic E-state index is 12.4. The predicted molar refractivity (Wildman–Crippen MR) is 110 cm³/mol. The van der Waals surface area contributed by atoms with Gasteiger partial charge in [0.1, 0.15) is 6.10 Å². The van der Waals surface area contributed by atoms with E-state index < -0.39 is 6.10 Å². The molecule has 1 aliphatic rings. The number of pyridine rings is 1. The third kappa shape index (κ3) is 4.41. The number of amides is 2. The zero-order valence-electron chi connectivity index (χ0n) is 16.4. The van der Waals surface area contributed by atoms with Crippen LogP contribution in [0.3, 0.4) is 0 Å². The number of nitrogens with one attached hydrogen (secondary N) is 2.